The monoisotopic (exact) mass is 374 g/mol. The first kappa shape index (κ1) is 20.4. The van der Waals surface area contributed by atoms with Crippen LogP contribution >= 0.6 is 12.4 Å². The minimum atomic E-state index is -1.66. The normalized spacial score (nSPS) is 14.7. The second-order valence-electron chi connectivity index (χ2n) is 6.72. The van der Waals surface area contributed by atoms with Crippen molar-refractivity contribution in [3.8, 4) is 0 Å². The van der Waals surface area contributed by atoms with Gasteiger partial charge in [-0.2, -0.15) is 0 Å². The van der Waals surface area contributed by atoms with Crippen LogP contribution in [0.25, 0.3) is 0 Å². The van der Waals surface area contributed by atoms with Gasteiger partial charge in [0, 0.05) is 20.1 Å². The highest BCUT2D eigenvalue weighted by molar-refractivity contribution is 5.90. The largest absolute Gasteiger partial charge is 0.372 e. The molecule has 1 fully saturated rings. The van der Waals surface area contributed by atoms with Crippen LogP contribution in [0.5, 0.6) is 0 Å². The third kappa shape index (κ3) is 4.26. The SMILES string of the molecule is CN(CCN1CCCC1)C(=O)C(O)(c1ccccc1)c1ccccc1.Cl. The zero-order valence-corrected chi connectivity index (χ0v) is 16.0. The molecule has 3 rings (SSSR count). The number of aliphatic hydroxyl groups is 1. The van der Waals surface area contributed by atoms with Crippen LogP contribution in [-0.2, 0) is 10.4 Å². The average Bonchev–Trinajstić information content (AvgIpc) is 3.20. The van der Waals surface area contributed by atoms with Crippen LogP contribution in [0, 0.1) is 0 Å². The van der Waals surface area contributed by atoms with Crippen molar-refractivity contribution in [1.82, 2.24) is 9.80 Å². The molecule has 2 aromatic rings. The number of halogens is 1. The molecule has 1 aliphatic heterocycles. The molecule has 0 bridgehead atoms. The number of carbonyl (C=O) groups is 1. The molecule has 0 saturated carbocycles. The Morgan fingerprint density at radius 2 is 1.46 bits per heavy atom. The maximum absolute atomic E-state index is 13.2. The molecular formula is C21H27ClN2O2. The lowest BCUT2D eigenvalue weighted by Gasteiger charge is -2.33. The van der Waals surface area contributed by atoms with Crippen LogP contribution in [-0.4, -0.2) is 54.0 Å². The van der Waals surface area contributed by atoms with E-state index < -0.39 is 5.60 Å². The molecule has 26 heavy (non-hydrogen) atoms. The fraction of sp³-hybridized carbons (Fsp3) is 0.381. The van der Waals surface area contributed by atoms with Crippen LogP contribution < -0.4 is 0 Å². The molecule has 0 radical (unpaired) electrons. The summed E-state index contributed by atoms with van der Waals surface area (Å²) in [7, 11) is 1.77. The highest BCUT2D eigenvalue weighted by Crippen LogP contribution is 2.31. The molecule has 5 heteroatoms. The van der Waals surface area contributed by atoms with Gasteiger partial charge in [0.2, 0.25) is 0 Å². The van der Waals surface area contributed by atoms with Gasteiger partial charge in [-0.05, 0) is 37.1 Å². The van der Waals surface area contributed by atoms with E-state index in [-0.39, 0.29) is 18.3 Å². The van der Waals surface area contributed by atoms with Crippen molar-refractivity contribution in [3.63, 3.8) is 0 Å². The topological polar surface area (TPSA) is 43.8 Å². The number of likely N-dealkylation sites (N-methyl/N-ethyl adjacent to an activating group) is 1. The number of benzene rings is 2. The average molecular weight is 375 g/mol. The van der Waals surface area contributed by atoms with Gasteiger partial charge in [0.25, 0.3) is 5.91 Å². The van der Waals surface area contributed by atoms with Gasteiger partial charge in [0.15, 0.2) is 5.60 Å². The zero-order valence-electron chi connectivity index (χ0n) is 15.2. The molecule has 0 unspecified atom stereocenters. The van der Waals surface area contributed by atoms with E-state index in [2.05, 4.69) is 4.90 Å². The Labute approximate surface area is 161 Å². The lowest BCUT2D eigenvalue weighted by atomic mass is 9.85. The van der Waals surface area contributed by atoms with Gasteiger partial charge >= 0.3 is 0 Å². The summed E-state index contributed by atoms with van der Waals surface area (Å²) >= 11 is 0. The number of carbonyl (C=O) groups excluding carboxylic acids is 1. The minimum Gasteiger partial charge on any atom is -0.372 e. The maximum atomic E-state index is 13.2. The first-order valence-electron chi connectivity index (χ1n) is 8.93. The molecular weight excluding hydrogens is 348 g/mol. The number of hydrogen-bond acceptors (Lipinski definition) is 3. The van der Waals surface area contributed by atoms with Crippen molar-refractivity contribution < 1.29 is 9.90 Å². The minimum absolute atomic E-state index is 0. The van der Waals surface area contributed by atoms with Crippen molar-refractivity contribution in [2.24, 2.45) is 0 Å². The van der Waals surface area contributed by atoms with Crippen molar-refractivity contribution in [2.75, 3.05) is 33.2 Å². The number of nitrogens with zero attached hydrogens (tertiary/aromatic N) is 2. The number of likely N-dealkylation sites (tertiary alicyclic amines) is 1. The fourth-order valence-corrected chi connectivity index (χ4v) is 3.45. The summed E-state index contributed by atoms with van der Waals surface area (Å²) in [4.78, 5) is 17.2. The first-order chi connectivity index (χ1) is 12.1. The summed E-state index contributed by atoms with van der Waals surface area (Å²) in [6, 6.07) is 18.4. The van der Waals surface area contributed by atoms with Gasteiger partial charge < -0.3 is 14.9 Å². The van der Waals surface area contributed by atoms with Crippen molar-refractivity contribution in [2.45, 2.75) is 18.4 Å². The Morgan fingerprint density at radius 1 is 1.00 bits per heavy atom. The zero-order chi connectivity index (χ0) is 17.7. The molecule has 0 spiro atoms. The third-order valence-corrected chi connectivity index (χ3v) is 4.99. The highest BCUT2D eigenvalue weighted by Gasteiger charge is 2.41. The number of rotatable bonds is 6. The van der Waals surface area contributed by atoms with Gasteiger partial charge in [0.1, 0.15) is 0 Å². The summed E-state index contributed by atoms with van der Waals surface area (Å²) in [5.74, 6) is -0.288. The summed E-state index contributed by atoms with van der Waals surface area (Å²) in [6.07, 6.45) is 2.46. The second-order valence-corrected chi connectivity index (χ2v) is 6.72. The summed E-state index contributed by atoms with van der Waals surface area (Å²) < 4.78 is 0. The summed E-state index contributed by atoms with van der Waals surface area (Å²) in [6.45, 7) is 3.66. The third-order valence-electron chi connectivity index (χ3n) is 4.99. The molecule has 1 aliphatic rings. The van der Waals surface area contributed by atoms with E-state index in [9.17, 15) is 9.90 Å². The number of hydrogen-bond donors (Lipinski definition) is 1. The quantitative estimate of drug-likeness (QED) is 0.845. The van der Waals surface area contributed by atoms with Crippen molar-refractivity contribution >= 4 is 18.3 Å². The van der Waals surface area contributed by atoms with E-state index in [0.717, 1.165) is 19.6 Å². The molecule has 1 N–H and O–H groups in total. The standard InChI is InChI=1S/C21H26N2O2.ClH/c1-22(16-17-23-14-8-9-15-23)20(24)21(25,18-10-4-2-5-11-18)19-12-6-3-7-13-19;/h2-7,10-13,25H,8-9,14-17H2,1H3;1H. The molecule has 1 amide bonds. The van der Waals surface area contributed by atoms with E-state index in [1.807, 2.05) is 36.4 Å². The Balaban J connectivity index is 0.00000243. The van der Waals surface area contributed by atoms with Crippen LogP contribution in [0.3, 0.4) is 0 Å². The van der Waals surface area contributed by atoms with Gasteiger partial charge in [-0.3, -0.25) is 4.79 Å². The van der Waals surface area contributed by atoms with E-state index in [4.69, 9.17) is 0 Å². The van der Waals surface area contributed by atoms with E-state index in [1.54, 1.807) is 36.2 Å². The molecule has 2 aromatic carbocycles. The van der Waals surface area contributed by atoms with E-state index >= 15 is 0 Å². The molecule has 4 nitrogen and oxygen atoms in total. The Hall–Kier alpha value is -1.88. The second kappa shape index (κ2) is 9.17. The first-order valence-corrected chi connectivity index (χ1v) is 8.93. The van der Waals surface area contributed by atoms with Crippen molar-refractivity contribution in [1.29, 1.82) is 0 Å². The molecule has 0 aliphatic carbocycles. The Morgan fingerprint density at radius 3 is 1.92 bits per heavy atom. The van der Waals surface area contributed by atoms with Gasteiger partial charge in [-0.15, -0.1) is 12.4 Å². The van der Waals surface area contributed by atoms with Gasteiger partial charge in [0.05, 0.1) is 0 Å². The molecule has 0 atom stereocenters. The highest BCUT2D eigenvalue weighted by atomic mass is 35.5. The maximum Gasteiger partial charge on any atom is 0.263 e. The predicted molar refractivity (Wildman–Crippen MR) is 106 cm³/mol. The molecule has 0 aromatic heterocycles. The van der Waals surface area contributed by atoms with Gasteiger partial charge in [-0.1, -0.05) is 60.7 Å². The molecule has 140 valence electrons. The van der Waals surface area contributed by atoms with Crippen molar-refractivity contribution in [3.05, 3.63) is 71.8 Å². The number of amides is 1. The lowest BCUT2D eigenvalue weighted by Crippen LogP contribution is -2.48. The van der Waals surface area contributed by atoms with E-state index in [1.165, 1.54) is 12.8 Å². The molecule has 1 saturated heterocycles. The predicted octanol–water partition coefficient (Wildman–Crippen LogP) is 2.90. The van der Waals surface area contributed by atoms with E-state index in [0.29, 0.717) is 17.7 Å². The fourth-order valence-electron chi connectivity index (χ4n) is 3.45. The molecule has 1 heterocycles. The van der Waals surface area contributed by atoms with Crippen LogP contribution in [0.15, 0.2) is 60.7 Å². The summed E-state index contributed by atoms with van der Waals surface area (Å²) in [5.41, 5.74) is -0.471. The van der Waals surface area contributed by atoms with Crippen LogP contribution in [0.2, 0.25) is 0 Å². The van der Waals surface area contributed by atoms with Crippen LogP contribution in [0.4, 0.5) is 0 Å². The lowest BCUT2D eigenvalue weighted by molar-refractivity contribution is -0.146. The Bertz CT molecular complexity index is 648. The van der Waals surface area contributed by atoms with Gasteiger partial charge in [-0.25, -0.2) is 0 Å². The smallest absolute Gasteiger partial charge is 0.263 e. The Kier molecular flexibility index (Phi) is 7.21. The van der Waals surface area contributed by atoms with Crippen LogP contribution in [0.1, 0.15) is 24.0 Å². The summed E-state index contributed by atoms with van der Waals surface area (Å²) in [5, 5.41) is 11.5.